The van der Waals surface area contributed by atoms with Gasteiger partial charge in [-0.2, -0.15) is 0 Å². The minimum absolute atomic E-state index is 0.676. The average Bonchev–Trinajstić information content (AvgIpc) is 1.90. The fourth-order valence-corrected chi connectivity index (χ4v) is 5.26. The molecule has 0 N–H and O–H groups in total. The van der Waals surface area contributed by atoms with Crippen molar-refractivity contribution in [3.05, 3.63) is 10.5 Å². The van der Waals surface area contributed by atoms with Crippen molar-refractivity contribution in [2.75, 3.05) is 0 Å². The SMILES string of the molecule is CC=[C](C)[Ge]([CH2]C)[CH2]C. The Balaban J connectivity index is 3.79. The summed E-state index contributed by atoms with van der Waals surface area (Å²) in [5.41, 5.74) is 0. The van der Waals surface area contributed by atoms with Crippen molar-refractivity contribution in [2.45, 2.75) is 38.2 Å². The molecule has 0 nitrogen and oxygen atoms in total. The monoisotopic (exact) mass is 187 g/mol. The summed E-state index contributed by atoms with van der Waals surface area (Å²) in [5.74, 6) is 0. The van der Waals surface area contributed by atoms with Crippen LogP contribution in [-0.4, -0.2) is 14.3 Å². The normalized spacial score (nSPS) is 12.8. The van der Waals surface area contributed by atoms with Crippen molar-refractivity contribution >= 4 is 14.3 Å². The summed E-state index contributed by atoms with van der Waals surface area (Å²) < 4.78 is 1.71. The zero-order valence-electron chi connectivity index (χ0n) is 6.99. The fraction of sp³-hybridized carbons (Fsp3) is 0.750. The van der Waals surface area contributed by atoms with Gasteiger partial charge in [-0.1, -0.05) is 0 Å². The molecule has 0 atom stereocenters. The minimum atomic E-state index is -0.676. The molecule has 0 aromatic rings. The van der Waals surface area contributed by atoms with Gasteiger partial charge >= 0.3 is 63.0 Å². The summed E-state index contributed by atoms with van der Waals surface area (Å²) in [6.07, 6.45) is 2.29. The van der Waals surface area contributed by atoms with E-state index in [0.29, 0.717) is 0 Å². The molecule has 53 valence electrons. The van der Waals surface area contributed by atoms with Crippen molar-refractivity contribution in [2.24, 2.45) is 0 Å². The van der Waals surface area contributed by atoms with Crippen LogP contribution in [0.1, 0.15) is 27.7 Å². The summed E-state index contributed by atoms with van der Waals surface area (Å²) in [6.45, 7) is 9.10. The van der Waals surface area contributed by atoms with Crippen molar-refractivity contribution in [1.82, 2.24) is 0 Å². The molecular formula is C8H17Ge. The van der Waals surface area contributed by atoms with Crippen LogP contribution in [0.2, 0.25) is 10.5 Å². The van der Waals surface area contributed by atoms with Crippen LogP contribution in [0, 0.1) is 0 Å². The quantitative estimate of drug-likeness (QED) is 0.594. The zero-order valence-corrected chi connectivity index (χ0v) is 9.09. The summed E-state index contributed by atoms with van der Waals surface area (Å²) in [7, 11) is 0. The average molecular weight is 186 g/mol. The van der Waals surface area contributed by atoms with Crippen LogP contribution >= 0.6 is 0 Å². The second kappa shape index (κ2) is 5.10. The first-order chi connectivity index (χ1) is 4.26. The summed E-state index contributed by atoms with van der Waals surface area (Å²) in [4.78, 5) is 0. The molecule has 0 unspecified atom stereocenters. The van der Waals surface area contributed by atoms with Gasteiger partial charge < -0.3 is 0 Å². The molecule has 0 saturated heterocycles. The van der Waals surface area contributed by atoms with Crippen molar-refractivity contribution < 1.29 is 0 Å². The molecule has 0 spiro atoms. The van der Waals surface area contributed by atoms with Crippen molar-refractivity contribution in [3.8, 4) is 0 Å². The van der Waals surface area contributed by atoms with Crippen LogP contribution < -0.4 is 0 Å². The third-order valence-electron chi connectivity index (χ3n) is 1.84. The van der Waals surface area contributed by atoms with E-state index in [0.717, 1.165) is 0 Å². The van der Waals surface area contributed by atoms with E-state index in [2.05, 4.69) is 33.8 Å². The molecule has 0 heterocycles. The fourth-order valence-electron chi connectivity index (χ4n) is 1.01. The second-order valence-corrected chi connectivity index (χ2v) is 9.44. The first kappa shape index (κ1) is 9.28. The number of hydrogen-bond donors (Lipinski definition) is 0. The molecule has 0 aliphatic carbocycles. The Morgan fingerprint density at radius 2 is 1.78 bits per heavy atom. The van der Waals surface area contributed by atoms with E-state index in [9.17, 15) is 0 Å². The van der Waals surface area contributed by atoms with Crippen LogP contribution in [0.25, 0.3) is 0 Å². The van der Waals surface area contributed by atoms with E-state index >= 15 is 0 Å². The van der Waals surface area contributed by atoms with E-state index in [1.54, 1.807) is 4.41 Å². The second-order valence-electron chi connectivity index (χ2n) is 2.28. The van der Waals surface area contributed by atoms with Gasteiger partial charge in [-0.25, -0.2) is 0 Å². The Kier molecular flexibility index (Phi) is 5.26. The summed E-state index contributed by atoms with van der Waals surface area (Å²) >= 11 is -0.676. The molecule has 0 bridgehead atoms. The van der Waals surface area contributed by atoms with Crippen LogP contribution in [0.15, 0.2) is 10.5 Å². The van der Waals surface area contributed by atoms with Gasteiger partial charge in [-0.3, -0.25) is 0 Å². The molecule has 0 rings (SSSR count). The topological polar surface area (TPSA) is 0 Å². The van der Waals surface area contributed by atoms with Gasteiger partial charge in [0.2, 0.25) is 0 Å². The molecule has 1 heteroatoms. The third kappa shape index (κ3) is 3.09. The predicted octanol–water partition coefficient (Wildman–Crippen LogP) is 3.03. The molecule has 9 heavy (non-hydrogen) atoms. The van der Waals surface area contributed by atoms with Gasteiger partial charge in [0.15, 0.2) is 0 Å². The Hall–Kier alpha value is 0.283. The van der Waals surface area contributed by atoms with E-state index in [1.165, 1.54) is 10.5 Å². The Bertz CT molecular complexity index is 90.7. The van der Waals surface area contributed by atoms with Crippen LogP contribution in [0.5, 0.6) is 0 Å². The van der Waals surface area contributed by atoms with Crippen molar-refractivity contribution in [1.29, 1.82) is 0 Å². The van der Waals surface area contributed by atoms with Gasteiger partial charge in [0.05, 0.1) is 0 Å². The zero-order chi connectivity index (χ0) is 7.28. The van der Waals surface area contributed by atoms with Gasteiger partial charge in [0, 0.05) is 0 Å². The molecule has 0 aromatic carbocycles. The first-order valence-electron chi connectivity index (χ1n) is 3.74. The molecule has 0 aliphatic heterocycles. The van der Waals surface area contributed by atoms with Gasteiger partial charge in [0.25, 0.3) is 0 Å². The molecule has 1 radical (unpaired) electrons. The molecule has 0 aliphatic rings. The molecular weight excluding hydrogens is 169 g/mol. The standard InChI is InChI=1S/C8H17Ge/c1-5-8(4)9(6-2)7-3/h5H,6-7H2,1-4H3. The summed E-state index contributed by atoms with van der Waals surface area (Å²) in [6, 6.07) is 0. The Morgan fingerprint density at radius 1 is 1.33 bits per heavy atom. The van der Waals surface area contributed by atoms with E-state index in [-0.39, 0.29) is 0 Å². The third-order valence-corrected chi connectivity index (χ3v) is 8.37. The van der Waals surface area contributed by atoms with E-state index in [1.807, 2.05) is 0 Å². The maximum absolute atomic E-state index is 2.33. The Morgan fingerprint density at radius 3 is 1.89 bits per heavy atom. The van der Waals surface area contributed by atoms with Gasteiger partial charge in [-0.05, 0) is 0 Å². The van der Waals surface area contributed by atoms with Crippen LogP contribution in [0.4, 0.5) is 0 Å². The first-order valence-corrected chi connectivity index (χ1v) is 7.75. The predicted molar refractivity (Wildman–Crippen MR) is 46.1 cm³/mol. The maximum atomic E-state index is 2.33. The van der Waals surface area contributed by atoms with Crippen LogP contribution in [0.3, 0.4) is 0 Å². The van der Waals surface area contributed by atoms with Crippen molar-refractivity contribution in [3.63, 3.8) is 0 Å². The molecule has 0 aromatic heterocycles. The summed E-state index contributed by atoms with van der Waals surface area (Å²) in [5, 5.41) is 2.90. The number of hydrogen-bond acceptors (Lipinski definition) is 0. The number of allylic oxidation sites excluding steroid dienone is 2. The van der Waals surface area contributed by atoms with E-state index in [4.69, 9.17) is 0 Å². The van der Waals surface area contributed by atoms with Gasteiger partial charge in [0.1, 0.15) is 0 Å². The van der Waals surface area contributed by atoms with E-state index < -0.39 is 14.3 Å². The molecule has 0 saturated carbocycles. The Labute approximate surface area is 63.5 Å². The molecule has 0 amide bonds. The molecule has 0 fully saturated rings. The van der Waals surface area contributed by atoms with Gasteiger partial charge in [-0.15, -0.1) is 0 Å². The van der Waals surface area contributed by atoms with Crippen LogP contribution in [-0.2, 0) is 0 Å². The number of rotatable bonds is 3.